The minimum absolute atomic E-state index is 0.172. The van der Waals surface area contributed by atoms with Crippen LogP contribution in [0.3, 0.4) is 0 Å². The van der Waals surface area contributed by atoms with Gasteiger partial charge in [0.2, 0.25) is 0 Å². The molecule has 0 aromatic heterocycles. The lowest BCUT2D eigenvalue weighted by Gasteiger charge is -2.39. The molecule has 0 aliphatic carbocycles. The highest BCUT2D eigenvalue weighted by atomic mass is 16.6. The average Bonchev–Trinajstić information content (AvgIpc) is 2.38. The summed E-state index contributed by atoms with van der Waals surface area (Å²) in [4.78, 5) is 12.8. The third kappa shape index (κ3) is 2.46. The van der Waals surface area contributed by atoms with E-state index in [2.05, 4.69) is 11.8 Å². The van der Waals surface area contributed by atoms with Crippen LogP contribution in [0.5, 0.6) is 0 Å². The fourth-order valence-electron chi connectivity index (χ4n) is 2.65. The number of hydrogen-bond donors (Lipinski definition) is 1. The number of nitro benzene ring substituents is 1. The number of rotatable bonds is 3. The Morgan fingerprint density at radius 1 is 1.50 bits per heavy atom. The molecular weight excluding hydrogens is 230 g/mol. The lowest BCUT2D eigenvalue weighted by molar-refractivity contribution is -0.384. The van der Waals surface area contributed by atoms with Gasteiger partial charge in [0.25, 0.3) is 5.69 Å². The molecule has 5 nitrogen and oxygen atoms in total. The first-order valence-corrected chi connectivity index (χ1v) is 6.33. The van der Waals surface area contributed by atoms with Gasteiger partial charge in [0.15, 0.2) is 0 Å². The maximum Gasteiger partial charge on any atom is 0.292 e. The topological polar surface area (TPSA) is 72.4 Å². The number of nitrogens with two attached hydrogens (primary N) is 1. The molecule has 5 heteroatoms. The van der Waals surface area contributed by atoms with Gasteiger partial charge in [-0.2, -0.15) is 0 Å². The molecule has 1 aliphatic heterocycles. The number of nitrogens with zero attached hydrogens (tertiary/aromatic N) is 2. The van der Waals surface area contributed by atoms with E-state index in [0.29, 0.717) is 18.2 Å². The Balaban J connectivity index is 2.32. The molecule has 1 aliphatic rings. The Morgan fingerprint density at radius 3 is 2.89 bits per heavy atom. The second-order valence-electron chi connectivity index (χ2n) is 4.96. The summed E-state index contributed by atoms with van der Waals surface area (Å²) >= 11 is 0. The van der Waals surface area contributed by atoms with Gasteiger partial charge < -0.3 is 10.6 Å². The van der Waals surface area contributed by atoms with Gasteiger partial charge in [0.1, 0.15) is 5.69 Å². The number of nitro groups is 1. The van der Waals surface area contributed by atoms with E-state index < -0.39 is 0 Å². The summed E-state index contributed by atoms with van der Waals surface area (Å²) in [7, 11) is 0. The number of hydrogen-bond acceptors (Lipinski definition) is 4. The highest BCUT2D eigenvalue weighted by Crippen LogP contribution is 2.33. The van der Waals surface area contributed by atoms with Crippen molar-refractivity contribution in [2.75, 3.05) is 18.0 Å². The van der Waals surface area contributed by atoms with E-state index in [1.165, 1.54) is 0 Å². The van der Waals surface area contributed by atoms with Gasteiger partial charge in [0, 0.05) is 25.2 Å². The molecule has 0 spiro atoms. The van der Waals surface area contributed by atoms with Crippen molar-refractivity contribution in [3.8, 4) is 0 Å². The van der Waals surface area contributed by atoms with Gasteiger partial charge in [0.05, 0.1) is 4.92 Å². The summed E-state index contributed by atoms with van der Waals surface area (Å²) in [5, 5.41) is 11.1. The average molecular weight is 249 g/mol. The second-order valence-corrected chi connectivity index (χ2v) is 4.96. The third-order valence-corrected chi connectivity index (χ3v) is 3.64. The van der Waals surface area contributed by atoms with E-state index >= 15 is 0 Å². The van der Waals surface area contributed by atoms with Crippen molar-refractivity contribution >= 4 is 11.4 Å². The monoisotopic (exact) mass is 249 g/mol. The summed E-state index contributed by atoms with van der Waals surface area (Å²) < 4.78 is 0. The third-order valence-electron chi connectivity index (χ3n) is 3.64. The molecule has 2 unspecified atom stereocenters. The van der Waals surface area contributed by atoms with Crippen molar-refractivity contribution in [1.82, 2.24) is 0 Å². The van der Waals surface area contributed by atoms with Gasteiger partial charge in [-0.05, 0) is 24.8 Å². The number of benzene rings is 1. The minimum Gasteiger partial charge on any atom is -0.362 e. The molecule has 0 radical (unpaired) electrons. The van der Waals surface area contributed by atoms with Crippen molar-refractivity contribution in [3.63, 3.8) is 0 Å². The first-order valence-electron chi connectivity index (χ1n) is 6.33. The van der Waals surface area contributed by atoms with E-state index in [1.54, 1.807) is 12.1 Å². The smallest absolute Gasteiger partial charge is 0.292 e. The van der Waals surface area contributed by atoms with Crippen LogP contribution in [-0.4, -0.2) is 24.1 Å². The molecular formula is C13H19N3O2. The fraction of sp³-hybridized carbons (Fsp3) is 0.538. The lowest BCUT2D eigenvalue weighted by atomic mass is 9.92. The summed E-state index contributed by atoms with van der Waals surface area (Å²) in [6, 6.07) is 7.12. The summed E-state index contributed by atoms with van der Waals surface area (Å²) in [5.74, 6) is 0.637. The quantitative estimate of drug-likeness (QED) is 0.658. The Labute approximate surface area is 107 Å². The van der Waals surface area contributed by atoms with Crippen LogP contribution in [0.4, 0.5) is 11.4 Å². The van der Waals surface area contributed by atoms with E-state index in [-0.39, 0.29) is 16.7 Å². The van der Waals surface area contributed by atoms with Gasteiger partial charge in [-0.1, -0.05) is 19.1 Å². The van der Waals surface area contributed by atoms with Crippen LogP contribution in [0.2, 0.25) is 0 Å². The van der Waals surface area contributed by atoms with Crippen molar-refractivity contribution in [2.24, 2.45) is 11.7 Å². The predicted octanol–water partition coefficient (Wildman–Crippen LogP) is 2.16. The maximum atomic E-state index is 11.1. The van der Waals surface area contributed by atoms with Crippen LogP contribution < -0.4 is 10.6 Å². The van der Waals surface area contributed by atoms with Crippen LogP contribution >= 0.6 is 0 Å². The second kappa shape index (κ2) is 5.35. The molecule has 0 saturated carbocycles. The zero-order chi connectivity index (χ0) is 13.1. The van der Waals surface area contributed by atoms with Gasteiger partial charge in [-0.15, -0.1) is 0 Å². The Hall–Kier alpha value is -1.62. The molecule has 1 aromatic rings. The van der Waals surface area contributed by atoms with Crippen molar-refractivity contribution in [2.45, 2.75) is 25.8 Å². The largest absolute Gasteiger partial charge is 0.362 e. The summed E-state index contributed by atoms with van der Waals surface area (Å²) in [6.45, 7) is 3.59. The zero-order valence-corrected chi connectivity index (χ0v) is 10.6. The summed E-state index contributed by atoms with van der Waals surface area (Å²) in [6.07, 6.45) is 2.06. The molecule has 2 N–H and O–H groups in total. The van der Waals surface area contributed by atoms with Crippen molar-refractivity contribution < 1.29 is 4.92 Å². The van der Waals surface area contributed by atoms with Crippen LogP contribution in [0.1, 0.15) is 19.8 Å². The molecule has 1 aromatic carbocycles. The van der Waals surface area contributed by atoms with Crippen LogP contribution in [0.25, 0.3) is 0 Å². The molecule has 1 heterocycles. The van der Waals surface area contributed by atoms with Gasteiger partial charge in [-0.25, -0.2) is 0 Å². The van der Waals surface area contributed by atoms with E-state index in [0.717, 1.165) is 19.4 Å². The highest BCUT2D eigenvalue weighted by molar-refractivity contribution is 5.63. The Kier molecular flexibility index (Phi) is 3.81. The number of para-hydroxylation sites is 2. The molecule has 98 valence electrons. The van der Waals surface area contributed by atoms with E-state index in [4.69, 9.17) is 5.73 Å². The Bertz CT molecular complexity index is 436. The number of piperidine rings is 1. The SMILES string of the molecule is CC1CCN(c2ccccc2[N+](=O)[O-])C(CN)C1. The van der Waals surface area contributed by atoms with E-state index in [1.807, 2.05) is 12.1 Å². The normalized spacial score (nSPS) is 24.0. The van der Waals surface area contributed by atoms with Crippen LogP contribution in [-0.2, 0) is 0 Å². The molecule has 2 atom stereocenters. The molecule has 2 rings (SSSR count). The highest BCUT2D eigenvalue weighted by Gasteiger charge is 2.29. The fourth-order valence-corrected chi connectivity index (χ4v) is 2.65. The summed E-state index contributed by atoms with van der Waals surface area (Å²) in [5.41, 5.74) is 6.68. The number of anilines is 1. The lowest BCUT2D eigenvalue weighted by Crippen LogP contribution is -2.46. The first kappa shape index (κ1) is 12.8. The predicted molar refractivity (Wildman–Crippen MR) is 71.7 cm³/mol. The molecule has 0 amide bonds. The molecule has 1 fully saturated rings. The maximum absolute atomic E-state index is 11.1. The molecule has 1 saturated heterocycles. The van der Waals surface area contributed by atoms with E-state index in [9.17, 15) is 10.1 Å². The molecule has 0 bridgehead atoms. The van der Waals surface area contributed by atoms with Crippen LogP contribution in [0, 0.1) is 16.0 Å². The minimum atomic E-state index is -0.319. The first-order chi connectivity index (χ1) is 8.63. The standard InChI is InChI=1S/C13H19N3O2/c1-10-6-7-15(11(8-10)9-14)12-4-2-3-5-13(12)16(17)18/h2-5,10-11H,6-9,14H2,1H3. The zero-order valence-electron chi connectivity index (χ0n) is 10.6. The van der Waals surface area contributed by atoms with Crippen molar-refractivity contribution in [3.05, 3.63) is 34.4 Å². The molecule has 18 heavy (non-hydrogen) atoms. The van der Waals surface area contributed by atoms with Crippen LogP contribution in [0.15, 0.2) is 24.3 Å². The van der Waals surface area contributed by atoms with Gasteiger partial charge >= 0.3 is 0 Å². The van der Waals surface area contributed by atoms with Crippen molar-refractivity contribution in [1.29, 1.82) is 0 Å². The Morgan fingerprint density at radius 2 is 2.22 bits per heavy atom. The van der Waals surface area contributed by atoms with Gasteiger partial charge in [-0.3, -0.25) is 10.1 Å².